The van der Waals surface area contributed by atoms with Crippen LogP contribution >= 0.6 is 24.2 Å². The van der Waals surface area contributed by atoms with E-state index in [1.54, 1.807) is 0 Å². The van der Waals surface area contributed by atoms with Crippen molar-refractivity contribution in [3.05, 3.63) is 28.8 Å². The lowest BCUT2D eigenvalue weighted by atomic mass is 10.2. The zero-order valence-electron chi connectivity index (χ0n) is 7.81. The van der Waals surface area contributed by atoms with Crippen LogP contribution in [-0.4, -0.2) is 11.7 Å². The largest absolute Gasteiger partial charge is 0.416 e. The summed E-state index contributed by atoms with van der Waals surface area (Å²) in [7, 11) is 0. The maximum Gasteiger partial charge on any atom is 0.416 e. The first-order valence-electron chi connectivity index (χ1n) is 4.12. The lowest BCUT2D eigenvalue weighted by molar-refractivity contribution is -0.137. The molecule has 1 aromatic carbocycles. The van der Waals surface area contributed by atoms with Gasteiger partial charge in [-0.05, 0) is 18.2 Å². The number of hydrogen-bond donors (Lipinski definition) is 2. The molecule has 16 heavy (non-hydrogen) atoms. The molecule has 0 aliphatic carbocycles. The van der Waals surface area contributed by atoms with Crippen LogP contribution in [0, 0.1) is 0 Å². The van der Waals surface area contributed by atoms with Crippen molar-refractivity contribution in [2.75, 3.05) is 11.1 Å². The summed E-state index contributed by atoms with van der Waals surface area (Å²) in [6, 6.07) is 2.71. The van der Waals surface area contributed by atoms with Crippen molar-refractivity contribution in [3.8, 4) is 0 Å². The Kier molecular flexibility index (Phi) is 4.09. The van der Waals surface area contributed by atoms with E-state index in [9.17, 15) is 18.0 Å². The van der Waals surface area contributed by atoms with Crippen LogP contribution in [-0.2, 0) is 11.0 Å². The molecule has 0 saturated carbocycles. The average Bonchev–Trinajstić information content (AvgIpc) is 2.19. The number of benzene rings is 1. The number of carbonyl (C=O) groups is 1. The highest BCUT2D eigenvalue weighted by molar-refractivity contribution is 7.81. The number of halogens is 4. The summed E-state index contributed by atoms with van der Waals surface area (Å²) in [6.45, 7) is 0. The topological polar surface area (TPSA) is 29.1 Å². The van der Waals surface area contributed by atoms with E-state index in [1.165, 1.54) is 0 Å². The Morgan fingerprint density at radius 3 is 2.50 bits per heavy atom. The minimum atomic E-state index is -4.45. The van der Waals surface area contributed by atoms with Crippen LogP contribution in [0.15, 0.2) is 18.2 Å². The Hall–Kier alpha value is -0.880. The molecule has 0 aliphatic heterocycles. The van der Waals surface area contributed by atoms with Crippen LogP contribution in [0.25, 0.3) is 0 Å². The molecule has 0 heterocycles. The van der Waals surface area contributed by atoms with Crippen molar-refractivity contribution in [1.82, 2.24) is 0 Å². The smallest absolute Gasteiger partial charge is 0.324 e. The van der Waals surface area contributed by atoms with Crippen LogP contribution < -0.4 is 5.32 Å². The van der Waals surface area contributed by atoms with Gasteiger partial charge in [-0.15, -0.1) is 0 Å². The lowest BCUT2D eigenvalue weighted by Gasteiger charge is -2.10. The van der Waals surface area contributed by atoms with Crippen molar-refractivity contribution in [3.63, 3.8) is 0 Å². The van der Waals surface area contributed by atoms with Crippen molar-refractivity contribution < 1.29 is 18.0 Å². The Morgan fingerprint density at radius 2 is 2.06 bits per heavy atom. The van der Waals surface area contributed by atoms with E-state index in [4.69, 9.17) is 11.6 Å². The minimum Gasteiger partial charge on any atom is -0.324 e. The van der Waals surface area contributed by atoms with Gasteiger partial charge in [-0.3, -0.25) is 4.79 Å². The summed E-state index contributed by atoms with van der Waals surface area (Å²) in [5.74, 6) is -0.512. The summed E-state index contributed by atoms with van der Waals surface area (Å²) in [5, 5.41) is 2.16. The van der Waals surface area contributed by atoms with E-state index in [0.29, 0.717) is 0 Å². The van der Waals surface area contributed by atoms with E-state index in [-0.39, 0.29) is 16.5 Å². The highest BCUT2D eigenvalue weighted by atomic mass is 35.5. The number of thiol groups is 1. The summed E-state index contributed by atoms with van der Waals surface area (Å²) in [6.07, 6.45) is -4.45. The van der Waals surface area contributed by atoms with Gasteiger partial charge >= 0.3 is 6.18 Å². The minimum absolute atomic E-state index is 0.0721. The predicted molar refractivity (Wildman–Crippen MR) is 58.9 cm³/mol. The molecule has 2 nitrogen and oxygen atoms in total. The molecule has 0 bridgehead atoms. The van der Waals surface area contributed by atoms with Crippen LogP contribution in [0.2, 0.25) is 5.02 Å². The molecule has 0 atom stereocenters. The maximum atomic E-state index is 12.3. The molecule has 1 N–H and O–H groups in total. The Balaban J connectivity index is 2.96. The van der Waals surface area contributed by atoms with Gasteiger partial charge in [0, 0.05) is 0 Å². The Labute approximate surface area is 100 Å². The lowest BCUT2D eigenvalue weighted by Crippen LogP contribution is -2.13. The monoisotopic (exact) mass is 269 g/mol. The number of amides is 1. The first kappa shape index (κ1) is 13.2. The molecule has 7 heteroatoms. The third-order valence-corrected chi connectivity index (χ3v) is 2.31. The SMILES string of the molecule is O=C(CS)Nc1ccc(C(F)(F)F)cc1Cl. The molecule has 0 saturated heterocycles. The molecule has 0 unspecified atom stereocenters. The van der Waals surface area contributed by atoms with E-state index in [0.717, 1.165) is 18.2 Å². The van der Waals surface area contributed by atoms with Gasteiger partial charge in [-0.25, -0.2) is 0 Å². The number of nitrogens with one attached hydrogen (secondary N) is 1. The van der Waals surface area contributed by atoms with E-state index in [1.807, 2.05) is 0 Å². The molecule has 0 aromatic heterocycles. The van der Waals surface area contributed by atoms with Crippen molar-refractivity contribution in [2.45, 2.75) is 6.18 Å². The Morgan fingerprint density at radius 1 is 1.44 bits per heavy atom. The average molecular weight is 270 g/mol. The van der Waals surface area contributed by atoms with E-state index in [2.05, 4.69) is 17.9 Å². The fourth-order valence-electron chi connectivity index (χ4n) is 0.983. The zero-order valence-corrected chi connectivity index (χ0v) is 9.46. The molecule has 0 aliphatic rings. The molecular formula is C9H7ClF3NOS. The van der Waals surface area contributed by atoms with Gasteiger partial charge in [0.1, 0.15) is 0 Å². The fourth-order valence-corrected chi connectivity index (χ4v) is 1.29. The molecule has 0 spiro atoms. The molecule has 1 aromatic rings. The highest BCUT2D eigenvalue weighted by Crippen LogP contribution is 2.33. The number of carbonyl (C=O) groups excluding carboxylic acids is 1. The molecule has 1 amide bonds. The van der Waals surface area contributed by atoms with E-state index >= 15 is 0 Å². The first-order valence-corrected chi connectivity index (χ1v) is 5.13. The first-order chi connectivity index (χ1) is 7.34. The highest BCUT2D eigenvalue weighted by Gasteiger charge is 2.30. The number of rotatable bonds is 2. The van der Waals surface area contributed by atoms with Crippen molar-refractivity contribution in [1.29, 1.82) is 0 Å². The molecule has 0 radical (unpaired) electrons. The van der Waals surface area contributed by atoms with Crippen molar-refractivity contribution in [2.24, 2.45) is 0 Å². The second-order valence-corrected chi connectivity index (χ2v) is 3.62. The fraction of sp³-hybridized carbons (Fsp3) is 0.222. The van der Waals surface area contributed by atoms with Crippen LogP contribution in [0.3, 0.4) is 0 Å². The second kappa shape index (κ2) is 4.97. The second-order valence-electron chi connectivity index (χ2n) is 2.90. The third kappa shape index (κ3) is 3.31. The van der Waals surface area contributed by atoms with Gasteiger partial charge in [0.05, 0.1) is 22.0 Å². The Bertz CT molecular complexity index is 408. The van der Waals surface area contributed by atoms with Crippen LogP contribution in [0.1, 0.15) is 5.56 Å². The van der Waals surface area contributed by atoms with E-state index < -0.39 is 17.6 Å². The van der Waals surface area contributed by atoms with Crippen LogP contribution in [0.4, 0.5) is 18.9 Å². The van der Waals surface area contributed by atoms with Gasteiger partial charge in [-0.2, -0.15) is 25.8 Å². The summed E-state index contributed by atoms with van der Waals surface area (Å²) < 4.78 is 36.8. The number of hydrogen-bond acceptors (Lipinski definition) is 2. The quantitative estimate of drug-likeness (QED) is 0.793. The van der Waals surface area contributed by atoms with Crippen molar-refractivity contribution >= 4 is 35.8 Å². The standard InChI is InChI=1S/C9H7ClF3NOS/c10-6-3-5(9(11,12)13)1-2-7(6)14-8(15)4-16/h1-3,16H,4H2,(H,14,15). The molecule has 1 rings (SSSR count). The summed E-state index contributed by atoms with van der Waals surface area (Å²) in [5.41, 5.74) is -0.727. The number of alkyl halides is 3. The third-order valence-electron chi connectivity index (χ3n) is 1.71. The normalized spacial score (nSPS) is 11.3. The number of anilines is 1. The summed E-state index contributed by atoms with van der Waals surface area (Å²) in [4.78, 5) is 10.9. The van der Waals surface area contributed by atoms with Gasteiger partial charge in [0.15, 0.2) is 0 Å². The maximum absolute atomic E-state index is 12.3. The predicted octanol–water partition coefficient (Wildman–Crippen LogP) is 3.23. The van der Waals surface area contributed by atoms with Gasteiger partial charge in [-0.1, -0.05) is 11.6 Å². The summed E-state index contributed by atoms with van der Waals surface area (Å²) >= 11 is 9.31. The van der Waals surface area contributed by atoms with Gasteiger partial charge in [0.25, 0.3) is 0 Å². The zero-order chi connectivity index (χ0) is 12.3. The molecule has 0 fully saturated rings. The molecular weight excluding hydrogens is 263 g/mol. The van der Waals surface area contributed by atoms with Gasteiger partial charge in [0.2, 0.25) is 5.91 Å². The molecule has 88 valence electrons. The van der Waals surface area contributed by atoms with Gasteiger partial charge < -0.3 is 5.32 Å². The van der Waals surface area contributed by atoms with Crippen LogP contribution in [0.5, 0.6) is 0 Å².